The van der Waals surface area contributed by atoms with Crippen LogP contribution in [0.15, 0.2) is 29.2 Å². The Balaban J connectivity index is 2.81. The van der Waals surface area contributed by atoms with E-state index in [1.807, 2.05) is 0 Å². The molecule has 1 N–H and O–H groups in total. The summed E-state index contributed by atoms with van der Waals surface area (Å²) in [4.78, 5) is 0.197. The van der Waals surface area contributed by atoms with Gasteiger partial charge in [-0.2, -0.15) is 4.31 Å². The summed E-state index contributed by atoms with van der Waals surface area (Å²) in [7, 11) is -0.716. The molecular formula is C13H20ClNO4S. The molecule has 1 unspecified atom stereocenters. The summed E-state index contributed by atoms with van der Waals surface area (Å²) < 4.78 is 30.5. The van der Waals surface area contributed by atoms with Gasteiger partial charge in [0.05, 0.1) is 17.6 Å². The van der Waals surface area contributed by atoms with E-state index in [0.717, 1.165) is 9.87 Å². The number of aliphatic hydroxyl groups excluding tert-OH is 1. The van der Waals surface area contributed by atoms with Crippen LogP contribution in [0, 0.1) is 0 Å². The van der Waals surface area contributed by atoms with E-state index in [1.54, 1.807) is 24.3 Å². The Morgan fingerprint density at radius 1 is 1.35 bits per heavy atom. The second-order valence-corrected chi connectivity index (χ2v) is 6.90. The molecule has 0 aliphatic carbocycles. The van der Waals surface area contributed by atoms with Crippen molar-refractivity contribution in [3.05, 3.63) is 29.8 Å². The zero-order chi connectivity index (χ0) is 15.2. The minimum absolute atomic E-state index is 0.0143. The lowest BCUT2D eigenvalue weighted by molar-refractivity contribution is 0.0554. The largest absolute Gasteiger partial charge is 0.389 e. The third-order valence-electron chi connectivity index (χ3n) is 2.84. The fourth-order valence-corrected chi connectivity index (χ4v) is 3.18. The van der Waals surface area contributed by atoms with Gasteiger partial charge >= 0.3 is 0 Å². The molecule has 20 heavy (non-hydrogen) atoms. The maximum atomic E-state index is 12.3. The van der Waals surface area contributed by atoms with Gasteiger partial charge in [-0.25, -0.2) is 8.42 Å². The number of sulfonamides is 1. The second-order valence-electron chi connectivity index (χ2n) is 4.48. The third kappa shape index (κ3) is 4.71. The van der Waals surface area contributed by atoms with Crippen molar-refractivity contribution >= 4 is 21.6 Å². The Bertz CT molecular complexity index is 504. The van der Waals surface area contributed by atoms with Gasteiger partial charge in [0, 0.05) is 26.6 Å². The number of rotatable bonds is 8. The van der Waals surface area contributed by atoms with Crippen LogP contribution in [-0.4, -0.2) is 57.1 Å². The summed E-state index contributed by atoms with van der Waals surface area (Å²) in [6.07, 6.45) is -0.153. The number of nitrogens with zero attached hydrogens (tertiary/aromatic N) is 1. The first-order valence-electron chi connectivity index (χ1n) is 6.20. The summed E-state index contributed by atoms with van der Waals surface area (Å²) in [5, 5.41) is 9.60. The number of alkyl halides is 1. The van der Waals surface area contributed by atoms with Crippen LogP contribution in [0.25, 0.3) is 0 Å². The smallest absolute Gasteiger partial charge is 0.242 e. The lowest BCUT2D eigenvalue weighted by atomic mass is 10.2. The molecule has 0 aliphatic heterocycles. The highest BCUT2D eigenvalue weighted by Crippen LogP contribution is 2.16. The summed E-state index contributed by atoms with van der Waals surface area (Å²) in [6, 6.07) is 6.59. The first kappa shape index (κ1) is 17.4. The minimum atomic E-state index is -3.60. The van der Waals surface area contributed by atoms with Gasteiger partial charge in [-0.1, -0.05) is 12.1 Å². The molecule has 1 aromatic rings. The van der Waals surface area contributed by atoms with Crippen molar-refractivity contribution < 1.29 is 18.3 Å². The van der Waals surface area contributed by atoms with Crippen LogP contribution in [0.4, 0.5) is 0 Å². The van der Waals surface area contributed by atoms with Crippen molar-refractivity contribution in [3.8, 4) is 0 Å². The quantitative estimate of drug-likeness (QED) is 0.728. The molecule has 0 saturated heterocycles. The lowest BCUT2D eigenvalue weighted by Gasteiger charge is -2.20. The Kier molecular flexibility index (Phi) is 6.91. The standard InChI is InChI=1S/C13H20ClNO4S/c1-15(9-12(16)10-19-2)20(17,18)13-5-3-11(4-6-13)7-8-14/h3-6,12,16H,7-10H2,1-2H3. The number of aliphatic hydroxyl groups is 1. The fourth-order valence-electron chi connectivity index (χ4n) is 1.76. The van der Waals surface area contributed by atoms with E-state index < -0.39 is 16.1 Å². The Hall–Kier alpha value is -0.660. The van der Waals surface area contributed by atoms with E-state index in [2.05, 4.69) is 0 Å². The van der Waals surface area contributed by atoms with Crippen molar-refractivity contribution in [1.82, 2.24) is 4.31 Å². The van der Waals surface area contributed by atoms with Crippen LogP contribution in [0.3, 0.4) is 0 Å². The number of hydrogen-bond donors (Lipinski definition) is 1. The van der Waals surface area contributed by atoms with E-state index in [9.17, 15) is 13.5 Å². The first-order valence-corrected chi connectivity index (χ1v) is 8.17. The molecule has 0 aromatic heterocycles. The molecule has 0 saturated carbocycles. The van der Waals surface area contributed by atoms with Gasteiger partial charge in [0.15, 0.2) is 0 Å². The SMILES string of the molecule is COCC(O)CN(C)S(=O)(=O)c1ccc(CCCl)cc1. The Morgan fingerprint density at radius 3 is 2.45 bits per heavy atom. The average Bonchev–Trinajstić information content (AvgIpc) is 2.40. The minimum Gasteiger partial charge on any atom is -0.389 e. The van der Waals surface area contributed by atoms with Crippen molar-refractivity contribution in [1.29, 1.82) is 0 Å². The molecule has 0 fully saturated rings. The molecule has 1 rings (SSSR count). The van der Waals surface area contributed by atoms with Crippen molar-refractivity contribution in [2.24, 2.45) is 0 Å². The van der Waals surface area contributed by atoms with Crippen molar-refractivity contribution in [3.63, 3.8) is 0 Å². The number of methoxy groups -OCH3 is 1. The summed E-state index contributed by atoms with van der Waals surface area (Å²) in [5.41, 5.74) is 0.987. The molecule has 0 amide bonds. The molecule has 1 atom stereocenters. The zero-order valence-electron chi connectivity index (χ0n) is 11.6. The number of likely N-dealkylation sites (N-methyl/N-ethyl adjacent to an activating group) is 1. The van der Waals surface area contributed by atoms with E-state index >= 15 is 0 Å². The highest BCUT2D eigenvalue weighted by molar-refractivity contribution is 7.89. The van der Waals surface area contributed by atoms with E-state index in [-0.39, 0.29) is 18.0 Å². The van der Waals surface area contributed by atoms with E-state index in [4.69, 9.17) is 16.3 Å². The molecule has 0 aliphatic rings. The molecule has 0 bridgehead atoms. The maximum Gasteiger partial charge on any atom is 0.242 e. The van der Waals surface area contributed by atoms with Gasteiger partial charge in [0.1, 0.15) is 0 Å². The van der Waals surface area contributed by atoms with Crippen molar-refractivity contribution in [2.45, 2.75) is 17.4 Å². The van der Waals surface area contributed by atoms with Crippen LogP contribution >= 0.6 is 11.6 Å². The van der Waals surface area contributed by atoms with Gasteiger partial charge in [-0.05, 0) is 24.1 Å². The molecule has 1 aromatic carbocycles. The molecule has 7 heteroatoms. The number of aryl methyl sites for hydroxylation is 1. The van der Waals surface area contributed by atoms with E-state index in [0.29, 0.717) is 12.3 Å². The molecule has 114 valence electrons. The van der Waals surface area contributed by atoms with Gasteiger partial charge in [-0.3, -0.25) is 0 Å². The number of ether oxygens (including phenoxy) is 1. The highest BCUT2D eigenvalue weighted by Gasteiger charge is 2.22. The van der Waals surface area contributed by atoms with Gasteiger partial charge in [0.25, 0.3) is 0 Å². The third-order valence-corrected chi connectivity index (χ3v) is 4.87. The number of hydrogen-bond acceptors (Lipinski definition) is 4. The normalized spacial score (nSPS) is 13.7. The predicted molar refractivity (Wildman–Crippen MR) is 78.6 cm³/mol. The molecule has 0 heterocycles. The Morgan fingerprint density at radius 2 is 1.95 bits per heavy atom. The topological polar surface area (TPSA) is 66.8 Å². The summed E-state index contributed by atoms with van der Waals surface area (Å²) in [5.74, 6) is 0.495. The summed E-state index contributed by atoms with van der Waals surface area (Å²) in [6.45, 7) is 0.0775. The van der Waals surface area contributed by atoms with Crippen LogP contribution < -0.4 is 0 Å². The van der Waals surface area contributed by atoms with Crippen LogP contribution in [0.5, 0.6) is 0 Å². The van der Waals surface area contributed by atoms with Gasteiger partial charge in [0.2, 0.25) is 10.0 Å². The fraction of sp³-hybridized carbons (Fsp3) is 0.538. The number of benzene rings is 1. The van der Waals surface area contributed by atoms with Gasteiger partial charge < -0.3 is 9.84 Å². The average molecular weight is 322 g/mol. The van der Waals surface area contributed by atoms with Crippen molar-refractivity contribution in [2.75, 3.05) is 33.2 Å². The lowest BCUT2D eigenvalue weighted by Crippen LogP contribution is -2.36. The van der Waals surface area contributed by atoms with Crippen LogP contribution in [0.1, 0.15) is 5.56 Å². The van der Waals surface area contributed by atoms with Crippen LogP contribution in [0.2, 0.25) is 0 Å². The maximum absolute atomic E-state index is 12.3. The molecule has 5 nitrogen and oxygen atoms in total. The zero-order valence-corrected chi connectivity index (χ0v) is 13.2. The summed E-state index contributed by atoms with van der Waals surface area (Å²) >= 11 is 5.64. The monoisotopic (exact) mass is 321 g/mol. The molecule has 0 spiro atoms. The molecule has 0 radical (unpaired) electrons. The van der Waals surface area contributed by atoms with Crippen LogP contribution in [-0.2, 0) is 21.2 Å². The van der Waals surface area contributed by atoms with E-state index in [1.165, 1.54) is 14.2 Å². The molecular weight excluding hydrogens is 302 g/mol. The predicted octanol–water partition coefficient (Wildman–Crippen LogP) is 1.10. The Labute approximate surface area is 125 Å². The second kappa shape index (κ2) is 7.95. The van der Waals surface area contributed by atoms with Gasteiger partial charge in [-0.15, -0.1) is 11.6 Å². The number of halogens is 1. The highest BCUT2D eigenvalue weighted by atomic mass is 35.5. The first-order chi connectivity index (χ1) is 9.41.